The Morgan fingerprint density at radius 3 is 2.44 bits per heavy atom. The Balaban J connectivity index is 1.90. The number of hydrogen-bond donors (Lipinski definition) is 2. The quantitative estimate of drug-likeness (QED) is 0.623. The maximum absolute atomic E-state index is 12.0. The fourth-order valence-electron chi connectivity index (χ4n) is 2.78. The van der Waals surface area contributed by atoms with Gasteiger partial charge in [-0.15, -0.1) is 0 Å². The minimum Gasteiger partial charge on any atom is -0.465 e. The molecule has 6 nitrogen and oxygen atoms in total. The van der Waals surface area contributed by atoms with Gasteiger partial charge in [0.1, 0.15) is 5.82 Å². The van der Waals surface area contributed by atoms with E-state index in [0.29, 0.717) is 23.0 Å². The zero-order valence-electron chi connectivity index (χ0n) is 15.6. The largest absolute Gasteiger partial charge is 0.465 e. The third-order valence-electron chi connectivity index (χ3n) is 4.09. The van der Waals surface area contributed by atoms with Gasteiger partial charge in [0, 0.05) is 17.4 Å². The summed E-state index contributed by atoms with van der Waals surface area (Å²) in [6.07, 6.45) is 0.909. The van der Waals surface area contributed by atoms with Crippen LogP contribution in [-0.2, 0) is 11.2 Å². The topological polar surface area (TPSA) is 76.1 Å². The molecule has 0 radical (unpaired) electrons. The monoisotopic (exact) mass is 362 g/mol. The third-order valence-corrected chi connectivity index (χ3v) is 4.09. The first kappa shape index (κ1) is 18.4. The van der Waals surface area contributed by atoms with Crippen molar-refractivity contribution in [3.8, 4) is 0 Å². The minimum atomic E-state index is -0.404. The number of benzene rings is 2. The van der Waals surface area contributed by atoms with Crippen molar-refractivity contribution in [3.63, 3.8) is 0 Å². The molecule has 138 valence electrons. The molecule has 0 amide bonds. The summed E-state index contributed by atoms with van der Waals surface area (Å²) in [7, 11) is 1.36. The van der Waals surface area contributed by atoms with Gasteiger partial charge in [-0.25, -0.2) is 9.78 Å². The smallest absolute Gasteiger partial charge is 0.339 e. The number of aryl methyl sites for hydroxylation is 2. The Labute approximate surface area is 158 Å². The lowest BCUT2D eigenvalue weighted by Crippen LogP contribution is -2.07. The van der Waals surface area contributed by atoms with Gasteiger partial charge in [-0.3, -0.25) is 0 Å². The summed E-state index contributed by atoms with van der Waals surface area (Å²) in [5.41, 5.74) is 4.05. The summed E-state index contributed by atoms with van der Waals surface area (Å²) in [6, 6.07) is 17.0. The van der Waals surface area contributed by atoms with Gasteiger partial charge in [-0.2, -0.15) is 4.98 Å². The van der Waals surface area contributed by atoms with Gasteiger partial charge in [0.2, 0.25) is 5.95 Å². The maximum atomic E-state index is 12.0. The van der Waals surface area contributed by atoms with Crippen molar-refractivity contribution in [3.05, 3.63) is 71.4 Å². The second-order valence-electron chi connectivity index (χ2n) is 6.02. The highest BCUT2D eigenvalue weighted by Gasteiger charge is 2.12. The predicted octanol–water partition coefficient (Wildman–Crippen LogP) is 4.62. The van der Waals surface area contributed by atoms with Crippen LogP contribution in [0.2, 0.25) is 0 Å². The number of para-hydroxylation sites is 2. The number of carbonyl (C=O) groups excluding carboxylic acids is 1. The number of methoxy groups -OCH3 is 1. The van der Waals surface area contributed by atoms with Gasteiger partial charge in [-0.05, 0) is 37.1 Å². The number of hydrogen-bond acceptors (Lipinski definition) is 6. The van der Waals surface area contributed by atoms with E-state index in [9.17, 15) is 4.79 Å². The van der Waals surface area contributed by atoms with Crippen LogP contribution in [0, 0.1) is 6.92 Å². The average Bonchev–Trinajstić information content (AvgIpc) is 2.68. The molecule has 1 aromatic heterocycles. The van der Waals surface area contributed by atoms with Crippen molar-refractivity contribution >= 4 is 29.1 Å². The van der Waals surface area contributed by atoms with Gasteiger partial charge in [-0.1, -0.05) is 37.3 Å². The van der Waals surface area contributed by atoms with Crippen molar-refractivity contribution in [2.75, 3.05) is 17.7 Å². The maximum Gasteiger partial charge on any atom is 0.339 e. The van der Waals surface area contributed by atoms with Gasteiger partial charge in [0.15, 0.2) is 0 Å². The summed E-state index contributed by atoms with van der Waals surface area (Å²) >= 11 is 0. The first-order chi connectivity index (χ1) is 13.1. The van der Waals surface area contributed by atoms with E-state index in [1.54, 1.807) is 12.1 Å². The molecule has 1 heterocycles. The number of nitrogens with one attached hydrogen (secondary N) is 2. The zero-order chi connectivity index (χ0) is 19.2. The molecule has 0 spiro atoms. The van der Waals surface area contributed by atoms with Crippen LogP contribution in [0.5, 0.6) is 0 Å². The molecule has 6 heteroatoms. The fraction of sp³-hybridized carbons (Fsp3) is 0.190. The van der Waals surface area contributed by atoms with Crippen molar-refractivity contribution in [1.29, 1.82) is 0 Å². The second-order valence-corrected chi connectivity index (χ2v) is 6.02. The number of anilines is 4. The molecule has 27 heavy (non-hydrogen) atoms. The molecule has 0 bridgehead atoms. The standard InChI is InChI=1S/C21H22N4O2/c1-4-15-9-5-7-11-17(15)24-21-22-14(2)13-19(25-21)23-18-12-8-6-10-16(18)20(26)27-3/h5-13H,4H2,1-3H3,(H2,22,23,24,25). The molecule has 3 aromatic rings. The van der Waals surface area contributed by atoms with Crippen LogP contribution in [0.15, 0.2) is 54.6 Å². The summed E-state index contributed by atoms with van der Waals surface area (Å²) in [6.45, 7) is 4.00. The van der Waals surface area contributed by atoms with Gasteiger partial charge in [0.25, 0.3) is 0 Å². The second kappa shape index (κ2) is 8.31. The number of esters is 1. The number of carbonyl (C=O) groups is 1. The molecule has 0 fully saturated rings. The lowest BCUT2D eigenvalue weighted by atomic mass is 10.1. The van der Waals surface area contributed by atoms with Crippen molar-refractivity contribution in [1.82, 2.24) is 9.97 Å². The van der Waals surface area contributed by atoms with E-state index >= 15 is 0 Å². The third kappa shape index (κ3) is 4.41. The summed E-state index contributed by atoms with van der Waals surface area (Å²) in [4.78, 5) is 21.0. The number of ether oxygens (including phenoxy) is 1. The molecular formula is C21H22N4O2. The highest BCUT2D eigenvalue weighted by atomic mass is 16.5. The first-order valence-corrected chi connectivity index (χ1v) is 8.75. The molecule has 3 rings (SSSR count). The van der Waals surface area contributed by atoms with Crippen LogP contribution >= 0.6 is 0 Å². The number of nitrogens with zero attached hydrogens (tertiary/aromatic N) is 2. The lowest BCUT2D eigenvalue weighted by Gasteiger charge is -2.13. The minimum absolute atomic E-state index is 0.404. The summed E-state index contributed by atoms with van der Waals surface area (Å²) in [5.74, 6) is 0.684. The average molecular weight is 362 g/mol. The van der Waals surface area contributed by atoms with Crippen molar-refractivity contribution in [2.24, 2.45) is 0 Å². The molecule has 2 aromatic carbocycles. The summed E-state index contributed by atoms with van der Waals surface area (Å²) < 4.78 is 4.84. The zero-order valence-corrected chi connectivity index (χ0v) is 15.6. The lowest BCUT2D eigenvalue weighted by molar-refractivity contribution is 0.0602. The molecule has 0 saturated heterocycles. The fourth-order valence-corrected chi connectivity index (χ4v) is 2.78. The van der Waals surface area contributed by atoms with Crippen LogP contribution < -0.4 is 10.6 Å². The summed E-state index contributed by atoms with van der Waals surface area (Å²) in [5, 5.41) is 6.48. The molecule has 0 unspecified atom stereocenters. The van der Waals surface area contributed by atoms with Crippen LogP contribution in [0.25, 0.3) is 0 Å². The van der Waals surface area contributed by atoms with Crippen molar-refractivity contribution in [2.45, 2.75) is 20.3 Å². The molecule has 2 N–H and O–H groups in total. The first-order valence-electron chi connectivity index (χ1n) is 8.75. The molecule has 0 aliphatic rings. The van der Waals surface area contributed by atoms with Gasteiger partial charge in [0.05, 0.1) is 18.4 Å². The van der Waals surface area contributed by atoms with Crippen LogP contribution in [-0.4, -0.2) is 23.0 Å². The van der Waals surface area contributed by atoms with Crippen LogP contribution in [0.4, 0.5) is 23.1 Å². The van der Waals surface area contributed by atoms with E-state index in [0.717, 1.165) is 17.8 Å². The molecule has 0 aliphatic heterocycles. The van der Waals surface area contributed by atoms with Gasteiger partial charge < -0.3 is 15.4 Å². The Kier molecular flexibility index (Phi) is 5.66. The number of aromatic nitrogens is 2. The Morgan fingerprint density at radius 1 is 1.00 bits per heavy atom. The predicted molar refractivity (Wildman–Crippen MR) is 107 cm³/mol. The van der Waals surface area contributed by atoms with E-state index in [1.807, 2.05) is 43.3 Å². The molecule has 0 saturated carbocycles. The Morgan fingerprint density at radius 2 is 1.70 bits per heavy atom. The molecular weight excluding hydrogens is 340 g/mol. The normalized spacial score (nSPS) is 10.3. The van der Waals surface area contributed by atoms with E-state index in [-0.39, 0.29) is 0 Å². The van der Waals surface area contributed by atoms with Crippen LogP contribution in [0.1, 0.15) is 28.5 Å². The number of rotatable bonds is 6. The Hall–Kier alpha value is -3.41. The van der Waals surface area contributed by atoms with E-state index in [1.165, 1.54) is 12.7 Å². The van der Waals surface area contributed by atoms with E-state index < -0.39 is 5.97 Å². The molecule has 0 aliphatic carbocycles. The highest BCUT2D eigenvalue weighted by molar-refractivity contribution is 5.96. The Bertz CT molecular complexity index is 956. The van der Waals surface area contributed by atoms with Crippen molar-refractivity contribution < 1.29 is 9.53 Å². The van der Waals surface area contributed by atoms with Gasteiger partial charge >= 0.3 is 5.97 Å². The van der Waals surface area contributed by atoms with E-state index in [2.05, 4.69) is 33.6 Å². The molecule has 0 atom stereocenters. The highest BCUT2D eigenvalue weighted by Crippen LogP contribution is 2.24. The van der Waals surface area contributed by atoms with Crippen LogP contribution in [0.3, 0.4) is 0 Å². The SMILES string of the molecule is CCc1ccccc1Nc1nc(C)cc(Nc2ccccc2C(=O)OC)n1. The van der Waals surface area contributed by atoms with E-state index in [4.69, 9.17) is 4.74 Å².